The van der Waals surface area contributed by atoms with Crippen molar-refractivity contribution in [2.24, 2.45) is 0 Å². The van der Waals surface area contributed by atoms with Gasteiger partial charge in [-0.1, -0.05) is 42.5 Å². The summed E-state index contributed by atoms with van der Waals surface area (Å²) in [5.41, 5.74) is 5.71. The quantitative estimate of drug-likeness (QED) is 0.623. The van der Waals surface area contributed by atoms with Gasteiger partial charge >= 0.3 is 0 Å². The van der Waals surface area contributed by atoms with Gasteiger partial charge in [0.1, 0.15) is 0 Å². The second kappa shape index (κ2) is 4.68. The molecule has 21 heavy (non-hydrogen) atoms. The van der Waals surface area contributed by atoms with Crippen LogP contribution in [0, 0.1) is 0 Å². The maximum absolute atomic E-state index is 12.0. The van der Waals surface area contributed by atoms with E-state index in [2.05, 4.69) is 12.1 Å². The van der Waals surface area contributed by atoms with Crippen LogP contribution in [0.2, 0.25) is 0 Å². The summed E-state index contributed by atoms with van der Waals surface area (Å²) in [5.74, 6) is 0. The van der Waals surface area contributed by atoms with Crippen molar-refractivity contribution in [2.45, 2.75) is 12.8 Å². The van der Waals surface area contributed by atoms with Crippen molar-refractivity contribution in [3.63, 3.8) is 0 Å². The number of pyridine rings is 1. The highest BCUT2D eigenvalue weighted by Crippen LogP contribution is 2.37. The van der Waals surface area contributed by atoms with E-state index >= 15 is 0 Å². The van der Waals surface area contributed by atoms with Crippen LogP contribution in [0.25, 0.3) is 22.2 Å². The van der Waals surface area contributed by atoms with E-state index in [1.165, 1.54) is 5.56 Å². The minimum atomic E-state index is -0.399. The second-order valence-electron chi connectivity index (χ2n) is 5.26. The Morgan fingerprint density at radius 3 is 2.62 bits per heavy atom. The Morgan fingerprint density at radius 2 is 1.76 bits per heavy atom. The highest BCUT2D eigenvalue weighted by molar-refractivity contribution is 6.68. The van der Waals surface area contributed by atoms with Crippen LogP contribution in [0.4, 0.5) is 0 Å². The van der Waals surface area contributed by atoms with Crippen LogP contribution in [-0.2, 0) is 12.8 Å². The zero-order chi connectivity index (χ0) is 14.4. The number of carbonyl (C=O) groups excluding carboxylic acids is 1. The standard InChI is InChI=1S/C18H12ClNO/c19-18(21)16-13-7-3-4-8-15(13)20-17-12-6-2-1-5-11(12)9-10-14(16)17/h1-8H,9-10H2. The molecule has 0 spiro atoms. The van der Waals surface area contributed by atoms with Crippen molar-refractivity contribution in [1.29, 1.82) is 0 Å². The number of carbonyl (C=O) groups is 1. The molecular weight excluding hydrogens is 282 g/mol. The SMILES string of the molecule is O=C(Cl)c1c2c(nc3ccccc13)-c1ccccc1CC2. The third-order valence-electron chi connectivity index (χ3n) is 4.11. The fourth-order valence-electron chi connectivity index (χ4n) is 3.17. The van der Waals surface area contributed by atoms with E-state index in [9.17, 15) is 4.79 Å². The molecule has 0 saturated carbocycles. The highest BCUT2D eigenvalue weighted by atomic mass is 35.5. The maximum Gasteiger partial charge on any atom is 0.253 e. The Labute approximate surface area is 127 Å². The number of aromatic nitrogens is 1. The molecule has 0 saturated heterocycles. The third kappa shape index (κ3) is 1.87. The lowest BCUT2D eigenvalue weighted by Crippen LogP contribution is -2.11. The summed E-state index contributed by atoms with van der Waals surface area (Å²) in [7, 11) is 0. The summed E-state index contributed by atoms with van der Waals surface area (Å²) in [6.45, 7) is 0. The number of hydrogen-bond donors (Lipinski definition) is 0. The van der Waals surface area contributed by atoms with E-state index in [0.29, 0.717) is 5.56 Å². The molecule has 2 aromatic carbocycles. The van der Waals surface area contributed by atoms with Gasteiger partial charge in [-0.15, -0.1) is 0 Å². The Hall–Kier alpha value is -2.19. The van der Waals surface area contributed by atoms with Crippen LogP contribution in [0.15, 0.2) is 48.5 Å². The number of halogens is 1. The van der Waals surface area contributed by atoms with Crippen molar-refractivity contribution < 1.29 is 4.79 Å². The van der Waals surface area contributed by atoms with Gasteiger partial charge in [-0.25, -0.2) is 4.98 Å². The zero-order valence-electron chi connectivity index (χ0n) is 11.3. The fraction of sp³-hybridized carbons (Fsp3) is 0.111. The molecule has 1 aliphatic carbocycles. The summed E-state index contributed by atoms with van der Waals surface area (Å²) < 4.78 is 0. The van der Waals surface area contributed by atoms with Crippen molar-refractivity contribution >= 4 is 27.7 Å². The van der Waals surface area contributed by atoms with E-state index in [0.717, 1.165) is 40.6 Å². The monoisotopic (exact) mass is 293 g/mol. The molecule has 102 valence electrons. The Balaban J connectivity index is 2.15. The van der Waals surface area contributed by atoms with Crippen LogP contribution in [-0.4, -0.2) is 10.2 Å². The van der Waals surface area contributed by atoms with Gasteiger partial charge in [0.15, 0.2) is 0 Å². The lowest BCUT2D eigenvalue weighted by molar-refractivity contribution is 0.108. The maximum atomic E-state index is 12.0. The predicted octanol–water partition coefficient (Wildman–Crippen LogP) is 4.38. The molecular formula is C18H12ClNO. The van der Waals surface area contributed by atoms with Crippen molar-refractivity contribution in [3.8, 4) is 11.3 Å². The highest BCUT2D eigenvalue weighted by Gasteiger charge is 2.24. The molecule has 0 aliphatic heterocycles. The van der Waals surface area contributed by atoms with Gasteiger partial charge in [0.05, 0.1) is 11.2 Å². The van der Waals surface area contributed by atoms with E-state index in [4.69, 9.17) is 16.6 Å². The first-order valence-corrected chi connectivity index (χ1v) is 7.33. The topological polar surface area (TPSA) is 30.0 Å². The molecule has 0 radical (unpaired) electrons. The van der Waals surface area contributed by atoms with Gasteiger partial charge in [-0.05, 0) is 41.6 Å². The van der Waals surface area contributed by atoms with Gasteiger partial charge in [0.2, 0.25) is 0 Å². The predicted molar refractivity (Wildman–Crippen MR) is 84.8 cm³/mol. The van der Waals surface area contributed by atoms with Crippen LogP contribution >= 0.6 is 11.6 Å². The Kier molecular flexibility index (Phi) is 2.79. The van der Waals surface area contributed by atoms with Crippen LogP contribution in [0.1, 0.15) is 21.5 Å². The van der Waals surface area contributed by atoms with Gasteiger partial charge in [0, 0.05) is 16.5 Å². The molecule has 0 N–H and O–H groups in total. The van der Waals surface area contributed by atoms with Gasteiger partial charge in [0.25, 0.3) is 5.24 Å². The van der Waals surface area contributed by atoms with E-state index < -0.39 is 5.24 Å². The number of para-hydroxylation sites is 1. The van der Waals surface area contributed by atoms with E-state index in [1.807, 2.05) is 36.4 Å². The second-order valence-corrected chi connectivity index (χ2v) is 5.61. The Bertz CT molecular complexity index is 886. The van der Waals surface area contributed by atoms with Crippen LogP contribution in [0.3, 0.4) is 0 Å². The van der Waals surface area contributed by atoms with Gasteiger partial charge in [-0.2, -0.15) is 0 Å². The van der Waals surface area contributed by atoms with Crippen LogP contribution < -0.4 is 0 Å². The van der Waals surface area contributed by atoms with E-state index in [-0.39, 0.29) is 0 Å². The molecule has 2 nitrogen and oxygen atoms in total. The Morgan fingerprint density at radius 1 is 1.00 bits per heavy atom. The largest absolute Gasteiger partial charge is 0.276 e. The molecule has 0 fully saturated rings. The minimum absolute atomic E-state index is 0.399. The number of benzene rings is 2. The average molecular weight is 294 g/mol. The number of aryl methyl sites for hydroxylation is 1. The van der Waals surface area contributed by atoms with Crippen molar-refractivity contribution in [2.75, 3.05) is 0 Å². The molecule has 1 aliphatic rings. The zero-order valence-corrected chi connectivity index (χ0v) is 12.0. The van der Waals surface area contributed by atoms with Crippen molar-refractivity contribution in [1.82, 2.24) is 4.98 Å². The molecule has 1 aromatic heterocycles. The molecule has 3 aromatic rings. The minimum Gasteiger partial charge on any atom is -0.276 e. The number of rotatable bonds is 1. The van der Waals surface area contributed by atoms with E-state index in [1.54, 1.807) is 0 Å². The summed E-state index contributed by atoms with van der Waals surface area (Å²) in [6, 6.07) is 15.9. The van der Waals surface area contributed by atoms with Gasteiger partial charge in [-0.3, -0.25) is 4.79 Å². The number of fused-ring (bicyclic) bond motifs is 4. The summed E-state index contributed by atoms with van der Waals surface area (Å²) in [6.07, 6.45) is 1.72. The number of hydrogen-bond acceptors (Lipinski definition) is 2. The molecule has 0 amide bonds. The molecule has 0 bridgehead atoms. The number of nitrogens with zero attached hydrogens (tertiary/aromatic N) is 1. The molecule has 4 rings (SSSR count). The first-order valence-electron chi connectivity index (χ1n) is 6.95. The van der Waals surface area contributed by atoms with Gasteiger partial charge < -0.3 is 0 Å². The molecule has 0 unspecified atom stereocenters. The average Bonchev–Trinajstić information content (AvgIpc) is 2.52. The summed E-state index contributed by atoms with van der Waals surface area (Å²) >= 11 is 5.88. The first-order chi connectivity index (χ1) is 10.3. The third-order valence-corrected chi connectivity index (χ3v) is 4.30. The lowest BCUT2D eigenvalue weighted by atomic mass is 9.85. The smallest absolute Gasteiger partial charge is 0.253 e. The summed E-state index contributed by atoms with van der Waals surface area (Å²) in [4.78, 5) is 16.8. The van der Waals surface area contributed by atoms with Crippen LogP contribution in [0.5, 0.6) is 0 Å². The molecule has 0 atom stereocenters. The lowest BCUT2D eigenvalue weighted by Gasteiger charge is -2.21. The summed E-state index contributed by atoms with van der Waals surface area (Å²) in [5, 5.41) is 0.444. The fourth-order valence-corrected chi connectivity index (χ4v) is 3.39. The molecule has 3 heteroatoms. The normalized spacial score (nSPS) is 12.8. The molecule has 1 heterocycles. The first kappa shape index (κ1) is 12.5. The van der Waals surface area contributed by atoms with Crippen molar-refractivity contribution in [3.05, 3.63) is 65.2 Å².